The number of aryl methyl sites for hydroxylation is 2. The van der Waals surface area contributed by atoms with Gasteiger partial charge in [-0.05, 0) is 37.1 Å². The Hall–Kier alpha value is -0.780. The molecule has 1 amide bonds. The summed E-state index contributed by atoms with van der Waals surface area (Å²) in [4.78, 5) is 10.7. The Bertz CT molecular complexity index is 472. The molecule has 1 aromatic carbocycles. The second kappa shape index (κ2) is 6.83. The summed E-state index contributed by atoms with van der Waals surface area (Å²) in [6.45, 7) is 5.54. The molecule has 1 rings (SSSR count). The fraction of sp³-hybridized carbons (Fsp3) is 0.300. The van der Waals surface area contributed by atoms with Gasteiger partial charge in [-0.1, -0.05) is 6.07 Å². The van der Waals surface area contributed by atoms with Crippen molar-refractivity contribution in [2.45, 2.75) is 20.8 Å². The number of nitrogens with one attached hydrogen (secondary N) is 1. The van der Waals surface area contributed by atoms with Crippen LogP contribution in [0.1, 0.15) is 18.1 Å². The van der Waals surface area contributed by atoms with Crippen LogP contribution in [0.15, 0.2) is 18.2 Å². The summed E-state index contributed by atoms with van der Waals surface area (Å²) in [5, 5.41) is 2.75. The van der Waals surface area contributed by atoms with Crippen molar-refractivity contribution in [2.75, 3.05) is 5.32 Å². The molecule has 0 aliphatic heterocycles. The van der Waals surface area contributed by atoms with Gasteiger partial charge in [-0.25, -0.2) is 0 Å². The molecule has 0 radical (unpaired) electrons. The third-order valence-electron chi connectivity index (χ3n) is 1.54. The van der Waals surface area contributed by atoms with Crippen molar-refractivity contribution in [3.63, 3.8) is 0 Å². The van der Waals surface area contributed by atoms with Crippen LogP contribution in [-0.2, 0) is 13.1 Å². The van der Waals surface area contributed by atoms with Gasteiger partial charge in [-0.15, -0.1) is 0 Å². The van der Waals surface area contributed by atoms with E-state index in [1.807, 2.05) is 26.0 Å². The van der Waals surface area contributed by atoms with Crippen molar-refractivity contribution < 1.29 is 13.2 Å². The van der Waals surface area contributed by atoms with Gasteiger partial charge in [0.2, 0.25) is 5.91 Å². The van der Waals surface area contributed by atoms with E-state index >= 15 is 0 Å². The molecular formula is C10H13Cl2NO3S. The smallest absolute Gasteiger partial charge is 0.317 e. The summed E-state index contributed by atoms with van der Waals surface area (Å²) in [7, 11) is 4.81. The van der Waals surface area contributed by atoms with Crippen LogP contribution in [0.5, 0.6) is 0 Å². The number of carbonyl (C=O) groups excluding carboxylic acids is 1. The molecule has 0 bridgehead atoms. The molecule has 17 heavy (non-hydrogen) atoms. The van der Waals surface area contributed by atoms with Gasteiger partial charge in [0.25, 0.3) is 0 Å². The third kappa shape index (κ3) is 11.5. The fourth-order valence-corrected chi connectivity index (χ4v) is 1.25. The van der Waals surface area contributed by atoms with Crippen LogP contribution in [0.25, 0.3) is 0 Å². The number of hydrogen-bond donors (Lipinski definition) is 1. The van der Waals surface area contributed by atoms with Crippen LogP contribution < -0.4 is 5.32 Å². The average molecular weight is 298 g/mol. The summed E-state index contributed by atoms with van der Waals surface area (Å²) in [6.07, 6.45) is 0. The largest absolute Gasteiger partial charge is 0.326 e. The van der Waals surface area contributed by atoms with E-state index in [4.69, 9.17) is 8.42 Å². The summed E-state index contributed by atoms with van der Waals surface area (Å²) in [5.41, 5.74) is 3.21. The Morgan fingerprint density at radius 1 is 1.12 bits per heavy atom. The number of amides is 1. The molecule has 0 saturated heterocycles. The van der Waals surface area contributed by atoms with E-state index in [0.29, 0.717) is 0 Å². The molecule has 4 nitrogen and oxygen atoms in total. The normalized spacial score (nSPS) is 10.2. The highest BCUT2D eigenvalue weighted by Gasteiger charge is 1.96. The van der Waals surface area contributed by atoms with E-state index in [-0.39, 0.29) is 5.91 Å². The van der Waals surface area contributed by atoms with E-state index in [1.165, 1.54) is 18.1 Å². The van der Waals surface area contributed by atoms with Crippen LogP contribution in [0.2, 0.25) is 0 Å². The van der Waals surface area contributed by atoms with Crippen molar-refractivity contribution in [1.82, 2.24) is 0 Å². The lowest BCUT2D eigenvalue weighted by Gasteiger charge is -2.04. The Labute approximate surface area is 110 Å². The molecule has 1 N–H and O–H groups in total. The quantitative estimate of drug-likeness (QED) is 0.811. The molecule has 0 atom stereocenters. The molecular weight excluding hydrogens is 285 g/mol. The average Bonchev–Trinajstić information content (AvgIpc) is 1.95. The minimum absolute atomic E-state index is 0.0278. The Kier molecular flexibility index (Phi) is 6.52. The van der Waals surface area contributed by atoms with E-state index < -0.39 is 8.26 Å². The topological polar surface area (TPSA) is 63.2 Å². The monoisotopic (exact) mass is 297 g/mol. The van der Waals surface area contributed by atoms with Gasteiger partial charge in [0.05, 0.1) is 0 Å². The van der Waals surface area contributed by atoms with E-state index in [1.54, 1.807) is 0 Å². The lowest BCUT2D eigenvalue weighted by molar-refractivity contribution is -0.114. The maximum absolute atomic E-state index is 10.7. The van der Waals surface area contributed by atoms with E-state index in [0.717, 1.165) is 5.69 Å². The number of halogens is 2. The first kappa shape index (κ1) is 16.2. The SMILES string of the molecule is CC(=O)Nc1cc(C)cc(C)c1.O=S(=O)(Cl)Cl. The number of hydrogen-bond acceptors (Lipinski definition) is 3. The zero-order valence-electron chi connectivity index (χ0n) is 9.62. The zero-order valence-corrected chi connectivity index (χ0v) is 11.9. The zero-order chi connectivity index (χ0) is 13.6. The van der Waals surface area contributed by atoms with Crippen LogP contribution in [0.3, 0.4) is 0 Å². The van der Waals surface area contributed by atoms with Crippen molar-refractivity contribution in [3.8, 4) is 0 Å². The molecule has 0 spiro atoms. The molecule has 0 aliphatic carbocycles. The van der Waals surface area contributed by atoms with Gasteiger partial charge in [0.1, 0.15) is 0 Å². The third-order valence-corrected chi connectivity index (χ3v) is 1.54. The Balaban J connectivity index is 0.000000437. The highest BCUT2D eigenvalue weighted by atomic mass is 36.0. The predicted octanol–water partition coefficient (Wildman–Crippen LogP) is 2.97. The van der Waals surface area contributed by atoms with Gasteiger partial charge in [-0.2, -0.15) is 8.42 Å². The summed E-state index contributed by atoms with van der Waals surface area (Å²) in [5.74, 6) is -0.0278. The molecule has 1 aromatic rings. The maximum atomic E-state index is 10.7. The summed E-state index contributed by atoms with van der Waals surface area (Å²) < 4.78 is 18.3. The Morgan fingerprint density at radius 2 is 1.47 bits per heavy atom. The van der Waals surface area contributed by atoms with Crippen LogP contribution in [0.4, 0.5) is 5.69 Å². The fourth-order valence-electron chi connectivity index (χ4n) is 1.25. The van der Waals surface area contributed by atoms with Gasteiger partial charge in [-0.3, -0.25) is 4.79 Å². The lowest BCUT2D eigenvalue weighted by Crippen LogP contribution is -2.05. The number of anilines is 1. The predicted molar refractivity (Wildman–Crippen MR) is 70.8 cm³/mol. The minimum Gasteiger partial charge on any atom is -0.326 e. The molecule has 96 valence electrons. The molecule has 0 heterocycles. The van der Waals surface area contributed by atoms with Crippen LogP contribution in [0, 0.1) is 13.8 Å². The number of carbonyl (C=O) groups is 1. The Morgan fingerprint density at radius 3 is 1.76 bits per heavy atom. The number of rotatable bonds is 1. The second-order valence-corrected chi connectivity index (χ2v) is 7.10. The van der Waals surface area contributed by atoms with Crippen LogP contribution in [-0.4, -0.2) is 14.3 Å². The highest BCUT2D eigenvalue weighted by Crippen LogP contribution is 2.13. The second-order valence-electron chi connectivity index (χ2n) is 3.44. The molecule has 7 heteroatoms. The summed E-state index contributed by atoms with van der Waals surface area (Å²) in [6, 6.07) is 5.98. The van der Waals surface area contributed by atoms with Crippen LogP contribution >= 0.6 is 21.4 Å². The van der Waals surface area contributed by atoms with Crippen molar-refractivity contribution in [1.29, 1.82) is 0 Å². The summed E-state index contributed by atoms with van der Waals surface area (Å²) >= 11 is 0. The molecule has 0 aliphatic rings. The highest BCUT2D eigenvalue weighted by molar-refractivity contribution is 8.31. The molecule has 0 aromatic heterocycles. The van der Waals surface area contributed by atoms with E-state index in [2.05, 4.69) is 32.7 Å². The van der Waals surface area contributed by atoms with Crippen molar-refractivity contribution in [2.24, 2.45) is 0 Å². The van der Waals surface area contributed by atoms with Gasteiger partial charge in [0.15, 0.2) is 0 Å². The van der Waals surface area contributed by atoms with Crippen molar-refractivity contribution >= 4 is 41.2 Å². The van der Waals surface area contributed by atoms with Gasteiger partial charge in [0, 0.05) is 34.0 Å². The van der Waals surface area contributed by atoms with E-state index in [9.17, 15) is 4.79 Å². The van der Waals surface area contributed by atoms with Crippen molar-refractivity contribution in [3.05, 3.63) is 29.3 Å². The minimum atomic E-state index is -3.72. The first-order valence-corrected chi connectivity index (χ1v) is 7.71. The maximum Gasteiger partial charge on any atom is 0.317 e. The molecule has 0 saturated carbocycles. The molecule has 0 fully saturated rings. The standard InChI is InChI=1S/C10H13NO.Cl2O2S/c1-7-4-8(2)6-10(5-7)11-9(3)12;1-5(2,3)4/h4-6H,1-3H3,(H,11,12);. The van der Waals surface area contributed by atoms with Gasteiger partial charge >= 0.3 is 8.26 Å². The van der Waals surface area contributed by atoms with Gasteiger partial charge < -0.3 is 5.32 Å². The lowest BCUT2D eigenvalue weighted by atomic mass is 10.1. The number of benzene rings is 1. The molecule has 0 unspecified atom stereocenters. The first-order chi connectivity index (χ1) is 7.58. The first-order valence-electron chi connectivity index (χ1n) is 4.58.